The molecule has 0 saturated carbocycles. The fourth-order valence-electron chi connectivity index (χ4n) is 0.886. The molecule has 2 aromatic heterocycles. The van der Waals surface area contributed by atoms with Gasteiger partial charge in [0, 0.05) is 6.42 Å². The summed E-state index contributed by atoms with van der Waals surface area (Å²) in [5.74, 6) is 0.709. The summed E-state index contributed by atoms with van der Waals surface area (Å²) >= 11 is 0. The van der Waals surface area contributed by atoms with Crippen molar-refractivity contribution in [3.05, 3.63) is 18.4 Å². The van der Waals surface area contributed by atoms with E-state index in [1.165, 1.54) is 6.33 Å². The molecule has 0 saturated heterocycles. The molecule has 2 aromatic rings. The van der Waals surface area contributed by atoms with Gasteiger partial charge in [0.15, 0.2) is 5.89 Å². The number of rotatable bonds is 1. The van der Waals surface area contributed by atoms with E-state index >= 15 is 0 Å². The number of hydrogen-bond donors (Lipinski definition) is 0. The predicted octanol–water partition coefficient (Wildman–Crippen LogP) is 1.18. The topological polar surface area (TPSA) is 51.8 Å². The van der Waals surface area contributed by atoms with E-state index in [0.29, 0.717) is 11.6 Å². The lowest BCUT2D eigenvalue weighted by molar-refractivity contribution is 0.529. The first-order chi connectivity index (χ1) is 5.40. The van der Waals surface area contributed by atoms with E-state index in [-0.39, 0.29) is 0 Å². The monoisotopic (exact) mass is 149 g/mol. The van der Waals surface area contributed by atoms with Crippen molar-refractivity contribution in [1.82, 2.24) is 15.0 Å². The Kier molecular flexibility index (Phi) is 1.31. The van der Waals surface area contributed by atoms with Crippen molar-refractivity contribution in [1.29, 1.82) is 0 Å². The molecular weight excluding hydrogens is 142 g/mol. The van der Waals surface area contributed by atoms with Crippen LogP contribution in [0, 0.1) is 0 Å². The summed E-state index contributed by atoms with van der Waals surface area (Å²) in [6, 6.07) is 0. The van der Waals surface area contributed by atoms with E-state index in [1.54, 1.807) is 6.20 Å². The van der Waals surface area contributed by atoms with Gasteiger partial charge in [-0.3, -0.25) is 0 Å². The minimum Gasteiger partial charge on any atom is -0.422 e. The van der Waals surface area contributed by atoms with Crippen LogP contribution in [0.1, 0.15) is 12.8 Å². The van der Waals surface area contributed by atoms with Gasteiger partial charge >= 0.3 is 0 Å². The van der Waals surface area contributed by atoms with Gasteiger partial charge in [-0.1, -0.05) is 6.92 Å². The van der Waals surface area contributed by atoms with Crippen LogP contribution in [0.15, 0.2) is 16.9 Å². The van der Waals surface area contributed by atoms with Crippen LogP contribution < -0.4 is 0 Å². The summed E-state index contributed by atoms with van der Waals surface area (Å²) in [5, 5.41) is 0. The lowest BCUT2D eigenvalue weighted by Gasteiger charge is -1.79. The van der Waals surface area contributed by atoms with Gasteiger partial charge in [0.1, 0.15) is 11.8 Å². The van der Waals surface area contributed by atoms with Crippen LogP contribution in [-0.4, -0.2) is 15.0 Å². The fraction of sp³-hybridized carbons (Fsp3) is 0.286. The van der Waals surface area contributed by atoms with Crippen LogP contribution in [0.5, 0.6) is 0 Å². The van der Waals surface area contributed by atoms with Gasteiger partial charge in [-0.25, -0.2) is 9.97 Å². The highest BCUT2D eigenvalue weighted by atomic mass is 16.4. The zero-order chi connectivity index (χ0) is 7.68. The summed E-state index contributed by atoms with van der Waals surface area (Å²) < 4.78 is 5.25. The van der Waals surface area contributed by atoms with Crippen LogP contribution in [0.4, 0.5) is 0 Å². The number of oxazole rings is 1. The van der Waals surface area contributed by atoms with E-state index < -0.39 is 0 Å². The van der Waals surface area contributed by atoms with E-state index in [9.17, 15) is 0 Å². The van der Waals surface area contributed by atoms with Crippen LogP contribution in [0.25, 0.3) is 11.2 Å². The second-order valence-corrected chi connectivity index (χ2v) is 2.17. The maximum atomic E-state index is 5.25. The molecule has 0 atom stereocenters. The maximum absolute atomic E-state index is 5.25. The molecular formula is C7H7N3O. The normalized spacial score (nSPS) is 10.6. The molecule has 2 rings (SSSR count). The first-order valence-corrected chi connectivity index (χ1v) is 3.45. The van der Waals surface area contributed by atoms with E-state index in [2.05, 4.69) is 15.0 Å². The molecule has 4 nitrogen and oxygen atoms in total. The standard InChI is InChI=1S/C7H7N3O/c1-2-6-10-5-3-8-4-9-7(5)11-6/h3-4H,2H2,1H3. The smallest absolute Gasteiger partial charge is 0.250 e. The van der Waals surface area contributed by atoms with Crippen LogP contribution in [0.3, 0.4) is 0 Å². The van der Waals surface area contributed by atoms with Crippen molar-refractivity contribution >= 4 is 11.2 Å². The Balaban J connectivity index is 2.69. The highest BCUT2D eigenvalue weighted by Gasteiger charge is 2.02. The number of nitrogens with zero attached hydrogens (tertiary/aromatic N) is 3. The molecule has 0 aliphatic rings. The van der Waals surface area contributed by atoms with Gasteiger partial charge in [-0.15, -0.1) is 0 Å². The first-order valence-electron chi connectivity index (χ1n) is 3.45. The zero-order valence-corrected chi connectivity index (χ0v) is 6.11. The Bertz CT molecular complexity index is 335. The molecule has 0 spiro atoms. The molecule has 0 bridgehead atoms. The molecule has 0 aliphatic heterocycles. The second-order valence-electron chi connectivity index (χ2n) is 2.17. The third kappa shape index (κ3) is 0.960. The molecule has 2 heterocycles. The van der Waals surface area contributed by atoms with E-state index in [1.807, 2.05) is 6.92 Å². The molecule has 56 valence electrons. The lowest BCUT2D eigenvalue weighted by Crippen LogP contribution is -1.76. The Morgan fingerprint density at radius 1 is 1.55 bits per heavy atom. The fourth-order valence-corrected chi connectivity index (χ4v) is 0.886. The summed E-state index contributed by atoms with van der Waals surface area (Å²) in [4.78, 5) is 11.9. The molecule has 0 radical (unpaired) electrons. The molecule has 0 aromatic carbocycles. The molecule has 4 heteroatoms. The van der Waals surface area contributed by atoms with Gasteiger partial charge in [-0.05, 0) is 0 Å². The van der Waals surface area contributed by atoms with Gasteiger partial charge in [0.05, 0.1) is 6.20 Å². The van der Waals surface area contributed by atoms with Crippen LogP contribution in [0.2, 0.25) is 0 Å². The van der Waals surface area contributed by atoms with Crippen molar-refractivity contribution in [3.63, 3.8) is 0 Å². The largest absolute Gasteiger partial charge is 0.422 e. The SMILES string of the molecule is CCc1nc2cncnc2o1. The van der Waals surface area contributed by atoms with Crippen molar-refractivity contribution in [3.8, 4) is 0 Å². The summed E-state index contributed by atoms with van der Waals surface area (Å²) in [6.07, 6.45) is 3.88. The zero-order valence-electron chi connectivity index (χ0n) is 6.11. The van der Waals surface area contributed by atoms with Crippen molar-refractivity contribution < 1.29 is 4.42 Å². The molecule has 0 fully saturated rings. The second kappa shape index (κ2) is 2.30. The molecule has 0 amide bonds. The first kappa shape index (κ1) is 6.27. The summed E-state index contributed by atoms with van der Waals surface area (Å²) in [7, 11) is 0. The number of aromatic nitrogens is 3. The van der Waals surface area contributed by atoms with Crippen molar-refractivity contribution in [2.45, 2.75) is 13.3 Å². The number of fused-ring (bicyclic) bond motifs is 1. The maximum Gasteiger partial charge on any atom is 0.250 e. The third-order valence-electron chi connectivity index (χ3n) is 1.42. The Morgan fingerprint density at radius 2 is 2.45 bits per heavy atom. The van der Waals surface area contributed by atoms with E-state index in [4.69, 9.17) is 4.42 Å². The van der Waals surface area contributed by atoms with Gasteiger partial charge in [0.25, 0.3) is 0 Å². The van der Waals surface area contributed by atoms with Crippen LogP contribution in [-0.2, 0) is 6.42 Å². The Hall–Kier alpha value is -1.45. The molecule has 11 heavy (non-hydrogen) atoms. The average Bonchev–Trinajstić information content (AvgIpc) is 2.46. The number of aryl methyl sites for hydroxylation is 1. The Morgan fingerprint density at radius 3 is 3.18 bits per heavy atom. The van der Waals surface area contributed by atoms with Crippen molar-refractivity contribution in [2.75, 3.05) is 0 Å². The highest BCUT2D eigenvalue weighted by molar-refractivity contribution is 5.65. The highest BCUT2D eigenvalue weighted by Crippen LogP contribution is 2.10. The summed E-state index contributed by atoms with van der Waals surface area (Å²) in [5.41, 5.74) is 1.29. The quantitative estimate of drug-likeness (QED) is 0.610. The number of hydrogen-bond acceptors (Lipinski definition) is 4. The lowest BCUT2D eigenvalue weighted by atomic mass is 10.5. The minimum absolute atomic E-state index is 0.567. The van der Waals surface area contributed by atoms with Crippen LogP contribution >= 0.6 is 0 Å². The Labute approximate surface area is 63.3 Å². The van der Waals surface area contributed by atoms with Gasteiger partial charge in [-0.2, -0.15) is 4.98 Å². The van der Waals surface area contributed by atoms with Crippen molar-refractivity contribution in [2.24, 2.45) is 0 Å². The summed E-state index contributed by atoms with van der Waals surface area (Å²) in [6.45, 7) is 1.98. The third-order valence-corrected chi connectivity index (χ3v) is 1.42. The average molecular weight is 149 g/mol. The van der Waals surface area contributed by atoms with Gasteiger partial charge < -0.3 is 4.42 Å². The predicted molar refractivity (Wildman–Crippen MR) is 39.0 cm³/mol. The molecule has 0 aliphatic carbocycles. The molecule has 0 unspecified atom stereocenters. The minimum atomic E-state index is 0.567. The van der Waals surface area contributed by atoms with E-state index in [0.717, 1.165) is 11.9 Å². The molecule has 0 N–H and O–H groups in total. The van der Waals surface area contributed by atoms with Gasteiger partial charge in [0.2, 0.25) is 5.71 Å².